The summed E-state index contributed by atoms with van der Waals surface area (Å²) in [7, 11) is -0.569. The van der Waals surface area contributed by atoms with Crippen molar-refractivity contribution in [2.75, 3.05) is 0 Å². The molecular formula is C18H15OP. The minimum atomic E-state index is -0.569. The molecule has 0 saturated heterocycles. The van der Waals surface area contributed by atoms with E-state index in [4.69, 9.17) is 0 Å². The average Bonchev–Trinajstić information content (AvgIpc) is 2.98. The first-order valence-corrected chi connectivity index (χ1v) is 7.98. The number of benzene rings is 2. The molecule has 0 radical (unpaired) electrons. The molecule has 1 unspecified atom stereocenters. The van der Waals surface area contributed by atoms with Gasteiger partial charge in [-0.15, -0.1) is 0 Å². The van der Waals surface area contributed by atoms with Crippen LogP contribution in [-0.2, 0) is 4.79 Å². The monoisotopic (exact) mass is 278 g/mol. The van der Waals surface area contributed by atoms with E-state index in [1.54, 1.807) is 0 Å². The smallest absolute Gasteiger partial charge is 0.130 e. The molecular weight excluding hydrogens is 263 g/mol. The third kappa shape index (κ3) is 2.64. The van der Waals surface area contributed by atoms with Gasteiger partial charge in [-0.2, -0.15) is 0 Å². The number of rotatable bonds is 4. The third-order valence-corrected chi connectivity index (χ3v) is 5.74. The largest absolute Gasteiger partial charge is 0.302 e. The summed E-state index contributed by atoms with van der Waals surface area (Å²) in [4.78, 5) is 11.0. The summed E-state index contributed by atoms with van der Waals surface area (Å²) in [5.74, 6) is -0.0672. The van der Waals surface area contributed by atoms with E-state index < -0.39 is 7.92 Å². The quantitative estimate of drug-likeness (QED) is 0.619. The van der Waals surface area contributed by atoms with Crippen molar-refractivity contribution in [2.24, 2.45) is 5.92 Å². The normalized spacial score (nSPS) is 17.2. The van der Waals surface area contributed by atoms with E-state index >= 15 is 0 Å². The molecule has 0 spiro atoms. The van der Waals surface area contributed by atoms with Crippen molar-refractivity contribution in [3.05, 3.63) is 84.2 Å². The molecule has 1 atom stereocenters. The van der Waals surface area contributed by atoms with E-state index in [1.807, 2.05) is 18.2 Å². The lowest BCUT2D eigenvalue weighted by atomic mass is 10.2. The molecule has 1 aliphatic rings. The Bertz CT molecular complexity index is 604. The lowest BCUT2D eigenvalue weighted by Crippen LogP contribution is -2.11. The van der Waals surface area contributed by atoms with Crippen LogP contribution in [0.1, 0.15) is 0 Å². The lowest BCUT2D eigenvalue weighted by Gasteiger charge is -2.19. The highest BCUT2D eigenvalue weighted by Gasteiger charge is 2.20. The van der Waals surface area contributed by atoms with Gasteiger partial charge in [-0.25, -0.2) is 0 Å². The topological polar surface area (TPSA) is 17.1 Å². The first-order chi connectivity index (χ1) is 9.88. The lowest BCUT2D eigenvalue weighted by molar-refractivity contribution is -0.108. The molecule has 2 aromatic carbocycles. The summed E-state index contributed by atoms with van der Waals surface area (Å²) in [6, 6.07) is 21.0. The first-order valence-electron chi connectivity index (χ1n) is 6.64. The van der Waals surface area contributed by atoms with Crippen molar-refractivity contribution in [3.63, 3.8) is 0 Å². The van der Waals surface area contributed by atoms with Crippen LogP contribution in [0, 0.1) is 5.92 Å². The molecule has 1 nitrogen and oxygen atoms in total. The van der Waals surface area contributed by atoms with Gasteiger partial charge in [0, 0.05) is 0 Å². The molecule has 1 aliphatic carbocycles. The molecule has 0 amide bonds. The number of hydrogen-bond acceptors (Lipinski definition) is 1. The van der Waals surface area contributed by atoms with Crippen LogP contribution in [0.5, 0.6) is 0 Å². The zero-order chi connectivity index (χ0) is 13.8. The molecule has 0 heterocycles. The maximum atomic E-state index is 11.0. The Morgan fingerprint density at radius 3 is 1.85 bits per heavy atom. The second kappa shape index (κ2) is 5.98. The summed E-state index contributed by atoms with van der Waals surface area (Å²) in [6.45, 7) is 0. The molecule has 0 saturated carbocycles. The number of aldehydes is 1. The molecule has 3 rings (SSSR count). The number of allylic oxidation sites excluding steroid dienone is 4. The average molecular weight is 278 g/mol. The van der Waals surface area contributed by atoms with E-state index in [2.05, 4.69) is 60.7 Å². The number of hydrogen-bond donors (Lipinski definition) is 0. The summed E-state index contributed by atoms with van der Waals surface area (Å²) in [5, 5.41) is 3.89. The molecule has 0 bridgehead atoms. The Kier molecular flexibility index (Phi) is 3.90. The molecule has 0 aliphatic heterocycles. The van der Waals surface area contributed by atoms with Crippen LogP contribution < -0.4 is 10.6 Å². The van der Waals surface area contributed by atoms with E-state index in [0.29, 0.717) is 0 Å². The van der Waals surface area contributed by atoms with Gasteiger partial charge >= 0.3 is 0 Å². The zero-order valence-electron chi connectivity index (χ0n) is 11.0. The molecule has 98 valence electrons. The van der Waals surface area contributed by atoms with Crippen molar-refractivity contribution < 1.29 is 4.79 Å². The van der Waals surface area contributed by atoms with Crippen LogP contribution in [0.3, 0.4) is 0 Å². The van der Waals surface area contributed by atoms with E-state index in [-0.39, 0.29) is 5.92 Å². The van der Waals surface area contributed by atoms with Gasteiger partial charge in [0.1, 0.15) is 6.29 Å². The predicted molar refractivity (Wildman–Crippen MR) is 85.8 cm³/mol. The van der Waals surface area contributed by atoms with Crippen molar-refractivity contribution in [3.8, 4) is 0 Å². The second-order valence-corrected chi connectivity index (χ2v) is 6.89. The van der Waals surface area contributed by atoms with Crippen molar-refractivity contribution in [1.29, 1.82) is 0 Å². The Balaban J connectivity index is 2.06. The fourth-order valence-corrected chi connectivity index (χ4v) is 4.74. The SMILES string of the molecule is O=CC1C=CC(P(c2ccccc2)c2ccccc2)=C1. The van der Waals surface area contributed by atoms with Crippen molar-refractivity contribution in [2.45, 2.75) is 0 Å². The van der Waals surface area contributed by atoms with Crippen LogP contribution in [0.15, 0.2) is 84.2 Å². The van der Waals surface area contributed by atoms with Gasteiger partial charge < -0.3 is 4.79 Å². The summed E-state index contributed by atoms with van der Waals surface area (Å²) < 4.78 is 0. The maximum absolute atomic E-state index is 11.0. The third-order valence-electron chi connectivity index (χ3n) is 3.30. The van der Waals surface area contributed by atoms with Crippen LogP contribution in [-0.4, -0.2) is 6.29 Å². The van der Waals surface area contributed by atoms with Gasteiger partial charge in [0.05, 0.1) is 5.92 Å². The van der Waals surface area contributed by atoms with E-state index in [1.165, 1.54) is 15.9 Å². The standard InChI is InChI=1S/C18H15OP/c19-14-15-11-12-18(13-15)20(16-7-3-1-4-8-16)17-9-5-2-6-10-17/h1-15H. The summed E-state index contributed by atoms with van der Waals surface area (Å²) in [6.07, 6.45) is 7.15. The highest BCUT2D eigenvalue weighted by Crippen LogP contribution is 2.45. The van der Waals surface area contributed by atoms with Gasteiger partial charge in [-0.1, -0.05) is 78.9 Å². The van der Waals surface area contributed by atoms with Gasteiger partial charge in [-0.3, -0.25) is 0 Å². The molecule has 20 heavy (non-hydrogen) atoms. The molecule has 2 aromatic rings. The van der Waals surface area contributed by atoms with Crippen LogP contribution in [0.25, 0.3) is 0 Å². The predicted octanol–water partition coefficient (Wildman–Crippen LogP) is 3.39. The molecule has 0 aromatic heterocycles. The van der Waals surface area contributed by atoms with Gasteiger partial charge in [0.15, 0.2) is 0 Å². The highest BCUT2D eigenvalue weighted by atomic mass is 31.1. The minimum absolute atomic E-state index is 0.0672. The van der Waals surface area contributed by atoms with E-state index in [0.717, 1.165) is 6.29 Å². The second-order valence-electron chi connectivity index (χ2n) is 4.67. The first kappa shape index (κ1) is 13.0. The van der Waals surface area contributed by atoms with Crippen molar-refractivity contribution >= 4 is 24.8 Å². The fraction of sp³-hybridized carbons (Fsp3) is 0.0556. The van der Waals surface area contributed by atoms with E-state index in [9.17, 15) is 4.79 Å². The molecule has 0 fully saturated rings. The fourth-order valence-electron chi connectivity index (χ4n) is 2.35. The van der Waals surface area contributed by atoms with Crippen molar-refractivity contribution in [1.82, 2.24) is 0 Å². The van der Waals surface area contributed by atoms with Gasteiger partial charge in [-0.05, 0) is 23.8 Å². The zero-order valence-corrected chi connectivity index (χ0v) is 11.9. The van der Waals surface area contributed by atoms with Crippen LogP contribution >= 0.6 is 7.92 Å². The Morgan fingerprint density at radius 2 is 1.40 bits per heavy atom. The Labute approximate surface area is 120 Å². The molecule has 2 heteroatoms. The summed E-state index contributed by atoms with van der Waals surface area (Å²) >= 11 is 0. The Hall–Kier alpha value is -1.98. The van der Waals surface area contributed by atoms with Gasteiger partial charge in [0.25, 0.3) is 0 Å². The molecule has 0 N–H and O–H groups in total. The van der Waals surface area contributed by atoms with Gasteiger partial charge in [0.2, 0.25) is 0 Å². The Morgan fingerprint density at radius 1 is 0.850 bits per heavy atom. The minimum Gasteiger partial charge on any atom is -0.302 e. The maximum Gasteiger partial charge on any atom is 0.130 e. The highest BCUT2D eigenvalue weighted by molar-refractivity contribution is 7.77. The van der Waals surface area contributed by atoms with Crippen LogP contribution in [0.4, 0.5) is 0 Å². The number of carbonyl (C=O) groups is 1. The van der Waals surface area contributed by atoms with Crippen LogP contribution in [0.2, 0.25) is 0 Å². The summed E-state index contributed by atoms with van der Waals surface area (Å²) in [5.41, 5.74) is 0. The number of carbonyl (C=O) groups excluding carboxylic acids is 1.